The van der Waals surface area contributed by atoms with Gasteiger partial charge in [0.15, 0.2) is 0 Å². The smallest absolute Gasteiger partial charge is 0.408 e. The molecule has 192 valence electrons. The molecule has 0 saturated carbocycles. The number of nitrogens with one attached hydrogen (secondary N) is 3. The van der Waals surface area contributed by atoms with Gasteiger partial charge in [0.2, 0.25) is 5.91 Å². The largest absolute Gasteiger partial charge is 0.478 e. The van der Waals surface area contributed by atoms with Crippen molar-refractivity contribution >= 4 is 35.3 Å². The first-order valence-electron chi connectivity index (χ1n) is 11.6. The molecule has 1 atom stereocenters. The first-order valence-corrected chi connectivity index (χ1v) is 11.6. The number of amides is 3. The van der Waals surface area contributed by atoms with Crippen LogP contribution >= 0.6 is 0 Å². The summed E-state index contributed by atoms with van der Waals surface area (Å²) in [5.41, 5.74) is 0.426. The van der Waals surface area contributed by atoms with E-state index in [-0.39, 0.29) is 28.9 Å². The van der Waals surface area contributed by atoms with Gasteiger partial charge in [0.05, 0.1) is 22.5 Å². The third-order valence-corrected chi connectivity index (χ3v) is 5.13. The van der Waals surface area contributed by atoms with Crippen LogP contribution in [0.3, 0.4) is 0 Å². The van der Waals surface area contributed by atoms with Gasteiger partial charge in [-0.05, 0) is 50.6 Å². The number of benzene rings is 3. The van der Waals surface area contributed by atoms with Crippen LogP contribution in [0, 0.1) is 0 Å². The highest BCUT2D eigenvalue weighted by Gasteiger charge is 2.26. The Morgan fingerprint density at radius 2 is 1.32 bits per heavy atom. The zero-order valence-electron chi connectivity index (χ0n) is 20.8. The average molecular weight is 504 g/mol. The molecule has 9 heteroatoms. The Kier molecular flexibility index (Phi) is 8.63. The monoisotopic (exact) mass is 503 g/mol. The number of rotatable bonds is 8. The first-order chi connectivity index (χ1) is 17.5. The molecule has 0 aliphatic carbocycles. The molecule has 3 rings (SSSR count). The number of carboxylic acid groups (broad SMARTS) is 1. The molecule has 0 bridgehead atoms. The predicted molar refractivity (Wildman–Crippen MR) is 140 cm³/mol. The molecule has 0 aliphatic heterocycles. The molecule has 1 unspecified atom stereocenters. The maximum absolute atomic E-state index is 13.3. The minimum Gasteiger partial charge on any atom is -0.478 e. The molecule has 37 heavy (non-hydrogen) atoms. The van der Waals surface area contributed by atoms with Crippen LogP contribution in [-0.4, -0.2) is 40.6 Å². The van der Waals surface area contributed by atoms with E-state index < -0.39 is 35.5 Å². The van der Waals surface area contributed by atoms with Crippen LogP contribution in [0.25, 0.3) is 0 Å². The second-order valence-corrected chi connectivity index (χ2v) is 9.23. The quantitative estimate of drug-likeness (QED) is 0.352. The van der Waals surface area contributed by atoms with Crippen molar-refractivity contribution in [2.75, 3.05) is 10.6 Å². The lowest BCUT2D eigenvalue weighted by molar-refractivity contribution is -0.118. The Morgan fingerprint density at radius 3 is 1.92 bits per heavy atom. The number of ether oxygens (including phenoxy) is 1. The van der Waals surface area contributed by atoms with Crippen molar-refractivity contribution in [3.05, 3.63) is 95.6 Å². The highest BCUT2D eigenvalue weighted by molar-refractivity contribution is 6.12. The number of carbonyl (C=O) groups excluding carboxylic acids is 3. The summed E-state index contributed by atoms with van der Waals surface area (Å²) < 4.78 is 5.32. The topological polar surface area (TPSA) is 134 Å². The SMILES string of the molecule is CC(C)(C)OC(=O)NC(Cc1ccccc1)C(=O)Nc1ccccc1C(=O)Nc1ccccc1C(=O)O. The lowest BCUT2D eigenvalue weighted by atomic mass is 10.0. The Bertz CT molecular complexity index is 1280. The van der Waals surface area contributed by atoms with Crippen LogP contribution in [0.15, 0.2) is 78.9 Å². The number of aromatic carboxylic acids is 1. The van der Waals surface area contributed by atoms with Crippen LogP contribution in [0.2, 0.25) is 0 Å². The van der Waals surface area contributed by atoms with Gasteiger partial charge in [-0.15, -0.1) is 0 Å². The van der Waals surface area contributed by atoms with Crippen molar-refractivity contribution in [1.82, 2.24) is 5.32 Å². The molecule has 0 radical (unpaired) electrons. The third-order valence-electron chi connectivity index (χ3n) is 5.13. The molecular formula is C28H29N3O6. The van der Waals surface area contributed by atoms with E-state index in [0.717, 1.165) is 5.56 Å². The van der Waals surface area contributed by atoms with Crippen molar-refractivity contribution in [2.45, 2.75) is 38.8 Å². The van der Waals surface area contributed by atoms with Crippen LogP contribution < -0.4 is 16.0 Å². The Labute approximate surface area is 214 Å². The van der Waals surface area contributed by atoms with E-state index >= 15 is 0 Å². The van der Waals surface area contributed by atoms with Gasteiger partial charge in [-0.2, -0.15) is 0 Å². The zero-order chi connectivity index (χ0) is 27.0. The normalized spacial score (nSPS) is 11.6. The molecular weight excluding hydrogens is 474 g/mol. The predicted octanol–water partition coefficient (Wildman–Crippen LogP) is 4.71. The molecule has 0 fully saturated rings. The number of carbonyl (C=O) groups is 4. The summed E-state index contributed by atoms with van der Waals surface area (Å²) in [5.74, 6) is -2.35. The van der Waals surface area contributed by atoms with Gasteiger partial charge < -0.3 is 25.8 Å². The van der Waals surface area contributed by atoms with E-state index in [2.05, 4.69) is 16.0 Å². The lowest BCUT2D eigenvalue weighted by Crippen LogP contribution is -2.47. The second kappa shape index (κ2) is 11.9. The molecule has 0 heterocycles. The molecule has 0 saturated heterocycles. The number of anilines is 2. The van der Waals surface area contributed by atoms with E-state index in [1.165, 1.54) is 18.2 Å². The van der Waals surface area contributed by atoms with E-state index in [0.29, 0.717) is 0 Å². The van der Waals surface area contributed by atoms with Crippen molar-refractivity contribution < 1.29 is 29.0 Å². The van der Waals surface area contributed by atoms with Gasteiger partial charge >= 0.3 is 12.1 Å². The van der Waals surface area contributed by atoms with Gasteiger partial charge in [0.25, 0.3) is 5.91 Å². The van der Waals surface area contributed by atoms with Crippen molar-refractivity contribution in [3.63, 3.8) is 0 Å². The van der Waals surface area contributed by atoms with Gasteiger partial charge in [0.1, 0.15) is 11.6 Å². The summed E-state index contributed by atoms with van der Waals surface area (Å²) in [4.78, 5) is 50.3. The lowest BCUT2D eigenvalue weighted by Gasteiger charge is -2.23. The van der Waals surface area contributed by atoms with Crippen LogP contribution in [0.4, 0.5) is 16.2 Å². The van der Waals surface area contributed by atoms with E-state index in [4.69, 9.17) is 4.74 Å². The highest BCUT2D eigenvalue weighted by Crippen LogP contribution is 2.21. The fraction of sp³-hybridized carbons (Fsp3) is 0.214. The summed E-state index contributed by atoms with van der Waals surface area (Å²) in [7, 11) is 0. The number of hydrogen-bond donors (Lipinski definition) is 4. The fourth-order valence-electron chi connectivity index (χ4n) is 3.49. The molecule has 9 nitrogen and oxygen atoms in total. The van der Waals surface area contributed by atoms with Crippen LogP contribution in [-0.2, 0) is 16.0 Å². The van der Waals surface area contributed by atoms with Gasteiger partial charge in [-0.3, -0.25) is 9.59 Å². The van der Waals surface area contributed by atoms with Gasteiger partial charge in [0, 0.05) is 6.42 Å². The summed E-state index contributed by atoms with van der Waals surface area (Å²) in [6.07, 6.45) is -0.563. The maximum atomic E-state index is 13.3. The summed E-state index contributed by atoms with van der Waals surface area (Å²) in [5, 5.41) is 17.3. The summed E-state index contributed by atoms with van der Waals surface area (Å²) in [6, 6.07) is 20.5. The van der Waals surface area contributed by atoms with E-state index in [1.54, 1.807) is 51.1 Å². The minimum absolute atomic E-state index is 0.0677. The summed E-state index contributed by atoms with van der Waals surface area (Å²) >= 11 is 0. The molecule has 3 amide bonds. The van der Waals surface area contributed by atoms with Crippen LogP contribution in [0.1, 0.15) is 47.1 Å². The molecule has 3 aromatic rings. The maximum Gasteiger partial charge on any atom is 0.408 e. The fourth-order valence-corrected chi connectivity index (χ4v) is 3.49. The number of para-hydroxylation sites is 2. The Morgan fingerprint density at radius 1 is 0.784 bits per heavy atom. The Balaban J connectivity index is 1.82. The number of hydrogen-bond acceptors (Lipinski definition) is 5. The van der Waals surface area contributed by atoms with Gasteiger partial charge in [-0.25, -0.2) is 9.59 Å². The van der Waals surface area contributed by atoms with Crippen molar-refractivity contribution in [3.8, 4) is 0 Å². The molecule has 3 aromatic carbocycles. The van der Waals surface area contributed by atoms with E-state index in [9.17, 15) is 24.3 Å². The Hall–Kier alpha value is -4.66. The average Bonchev–Trinajstić information content (AvgIpc) is 2.83. The highest BCUT2D eigenvalue weighted by atomic mass is 16.6. The standard InChI is InChI=1S/C28H29N3O6/c1-28(2,3)37-27(36)31-23(17-18-11-5-4-6-12-18)25(33)30-21-15-9-7-13-19(21)24(32)29-22-16-10-8-14-20(22)26(34)35/h4-16,23H,17H2,1-3H3,(H,29,32)(H,30,33)(H,31,36)(H,34,35). The molecule has 0 aliphatic rings. The molecule has 4 N–H and O–H groups in total. The first kappa shape index (κ1) is 26.9. The van der Waals surface area contributed by atoms with Gasteiger partial charge in [-0.1, -0.05) is 54.6 Å². The molecule has 0 spiro atoms. The minimum atomic E-state index is -1.19. The third kappa shape index (κ3) is 7.93. The second-order valence-electron chi connectivity index (χ2n) is 9.23. The molecule has 0 aromatic heterocycles. The zero-order valence-corrected chi connectivity index (χ0v) is 20.8. The van der Waals surface area contributed by atoms with Crippen molar-refractivity contribution in [1.29, 1.82) is 0 Å². The van der Waals surface area contributed by atoms with Crippen molar-refractivity contribution in [2.24, 2.45) is 0 Å². The number of carboxylic acids is 1. The van der Waals surface area contributed by atoms with E-state index in [1.807, 2.05) is 30.3 Å². The van der Waals surface area contributed by atoms with Crippen LogP contribution in [0.5, 0.6) is 0 Å². The summed E-state index contributed by atoms with van der Waals surface area (Å²) in [6.45, 7) is 5.16. The number of alkyl carbamates (subject to hydrolysis) is 1.